The summed E-state index contributed by atoms with van der Waals surface area (Å²) < 4.78 is 13.4. The molecule has 25 heavy (non-hydrogen) atoms. The standard InChI is InChI=1S/C21H22ClFN2/c1-13-8-16(6-7-19(13)23)24-12-15-9-17-14(2)11-21(3,4)25(5)20(17)10-18(15)22/h6-12H,1-5H3. The molecule has 0 fully saturated rings. The summed E-state index contributed by atoms with van der Waals surface area (Å²) in [5.41, 5.74) is 5.58. The number of allylic oxidation sites excluding steroid dienone is 1. The normalized spacial score (nSPS) is 16.1. The molecule has 0 atom stereocenters. The molecular formula is C21H22ClFN2. The fourth-order valence-electron chi connectivity index (χ4n) is 3.14. The molecule has 2 nitrogen and oxygen atoms in total. The Morgan fingerprint density at radius 1 is 1.16 bits per heavy atom. The number of halogens is 2. The lowest BCUT2D eigenvalue weighted by atomic mass is 9.88. The third kappa shape index (κ3) is 3.34. The molecule has 1 heterocycles. The van der Waals surface area contributed by atoms with Crippen molar-refractivity contribution in [3.63, 3.8) is 0 Å². The summed E-state index contributed by atoms with van der Waals surface area (Å²) in [6.07, 6.45) is 4.00. The van der Waals surface area contributed by atoms with E-state index >= 15 is 0 Å². The maximum atomic E-state index is 13.4. The summed E-state index contributed by atoms with van der Waals surface area (Å²) in [7, 11) is 2.08. The van der Waals surface area contributed by atoms with Crippen LogP contribution in [0.4, 0.5) is 15.8 Å². The molecule has 0 saturated heterocycles. The molecule has 0 saturated carbocycles. The van der Waals surface area contributed by atoms with Crippen molar-refractivity contribution in [1.29, 1.82) is 0 Å². The topological polar surface area (TPSA) is 15.6 Å². The van der Waals surface area contributed by atoms with Gasteiger partial charge in [-0.3, -0.25) is 4.99 Å². The average molecular weight is 357 g/mol. The molecule has 0 N–H and O–H groups in total. The summed E-state index contributed by atoms with van der Waals surface area (Å²) in [6.45, 7) is 8.21. The van der Waals surface area contributed by atoms with Gasteiger partial charge in [0.05, 0.1) is 16.2 Å². The molecule has 2 aromatic carbocycles. The first-order valence-corrected chi connectivity index (χ1v) is 8.64. The zero-order chi connectivity index (χ0) is 18.4. The maximum absolute atomic E-state index is 13.4. The number of fused-ring (bicyclic) bond motifs is 1. The second-order valence-electron chi connectivity index (χ2n) is 7.12. The predicted octanol–water partition coefficient (Wildman–Crippen LogP) is 6.17. The van der Waals surface area contributed by atoms with E-state index in [9.17, 15) is 4.39 Å². The number of benzene rings is 2. The summed E-state index contributed by atoms with van der Waals surface area (Å²) in [5, 5.41) is 0.652. The van der Waals surface area contributed by atoms with E-state index in [1.54, 1.807) is 25.3 Å². The summed E-state index contributed by atoms with van der Waals surface area (Å²) in [6, 6.07) is 8.87. The number of hydrogen-bond acceptors (Lipinski definition) is 2. The van der Waals surface area contributed by atoms with E-state index in [0.29, 0.717) is 16.3 Å². The molecule has 130 valence electrons. The van der Waals surface area contributed by atoms with Crippen LogP contribution in [0, 0.1) is 12.7 Å². The van der Waals surface area contributed by atoms with Gasteiger partial charge in [-0.05, 0) is 69.2 Å². The molecule has 0 spiro atoms. The Balaban J connectivity index is 2.01. The largest absolute Gasteiger partial charge is 0.365 e. The quantitative estimate of drug-likeness (QED) is 0.587. The minimum absolute atomic E-state index is 0.0539. The van der Waals surface area contributed by atoms with Gasteiger partial charge in [0.1, 0.15) is 5.82 Å². The van der Waals surface area contributed by atoms with Crippen molar-refractivity contribution in [3.05, 3.63) is 63.9 Å². The molecule has 3 rings (SSSR count). The number of aryl methyl sites for hydroxylation is 1. The molecule has 0 aliphatic carbocycles. The first-order valence-electron chi connectivity index (χ1n) is 8.26. The van der Waals surface area contributed by atoms with Gasteiger partial charge < -0.3 is 4.90 Å². The fraction of sp³-hybridized carbons (Fsp3) is 0.286. The zero-order valence-electron chi connectivity index (χ0n) is 15.2. The van der Waals surface area contributed by atoms with E-state index in [4.69, 9.17) is 11.6 Å². The highest BCUT2D eigenvalue weighted by Gasteiger charge is 2.29. The Kier molecular flexibility index (Phi) is 4.46. The minimum Gasteiger partial charge on any atom is -0.365 e. The summed E-state index contributed by atoms with van der Waals surface area (Å²) >= 11 is 6.49. The van der Waals surface area contributed by atoms with Crippen LogP contribution in [0.25, 0.3) is 5.57 Å². The van der Waals surface area contributed by atoms with Crippen LogP contribution in [0.5, 0.6) is 0 Å². The van der Waals surface area contributed by atoms with E-state index < -0.39 is 0 Å². The Hall–Kier alpha value is -2.13. The van der Waals surface area contributed by atoms with Crippen molar-refractivity contribution in [1.82, 2.24) is 0 Å². The van der Waals surface area contributed by atoms with E-state index in [1.165, 1.54) is 11.6 Å². The SMILES string of the molecule is CC1=CC(C)(C)N(C)c2cc(Cl)c(C=Nc3ccc(F)c(C)c3)cc21. The van der Waals surface area contributed by atoms with Crippen molar-refractivity contribution < 1.29 is 4.39 Å². The van der Waals surface area contributed by atoms with Gasteiger partial charge in [0, 0.05) is 30.1 Å². The summed E-state index contributed by atoms with van der Waals surface area (Å²) in [4.78, 5) is 6.68. The zero-order valence-corrected chi connectivity index (χ0v) is 15.9. The average Bonchev–Trinajstić information content (AvgIpc) is 2.54. The molecule has 0 aromatic heterocycles. The Labute approximate surface area is 153 Å². The number of anilines is 1. The molecule has 4 heteroatoms. The van der Waals surface area contributed by atoms with Gasteiger partial charge in [-0.2, -0.15) is 0 Å². The second-order valence-corrected chi connectivity index (χ2v) is 7.53. The second kappa shape index (κ2) is 6.30. The molecule has 0 amide bonds. The lowest BCUT2D eigenvalue weighted by Gasteiger charge is -2.40. The van der Waals surface area contributed by atoms with Crippen LogP contribution in [0.2, 0.25) is 5.02 Å². The van der Waals surface area contributed by atoms with Crippen LogP contribution in [0.15, 0.2) is 41.4 Å². The first-order chi connectivity index (χ1) is 11.7. The first kappa shape index (κ1) is 17.7. The van der Waals surface area contributed by atoms with Gasteiger partial charge in [0.15, 0.2) is 0 Å². The number of hydrogen-bond donors (Lipinski definition) is 0. The van der Waals surface area contributed by atoms with Crippen LogP contribution < -0.4 is 4.90 Å². The molecule has 1 aliphatic heterocycles. The van der Waals surface area contributed by atoms with E-state index in [1.807, 2.05) is 6.07 Å². The van der Waals surface area contributed by atoms with Gasteiger partial charge >= 0.3 is 0 Å². The highest BCUT2D eigenvalue weighted by atomic mass is 35.5. The molecule has 0 bridgehead atoms. The lowest BCUT2D eigenvalue weighted by molar-refractivity contribution is 0.598. The molecular weight excluding hydrogens is 335 g/mol. The molecule has 0 unspecified atom stereocenters. The van der Waals surface area contributed by atoms with E-state index in [0.717, 1.165) is 16.8 Å². The van der Waals surface area contributed by atoms with Crippen molar-refractivity contribution >= 4 is 34.8 Å². The lowest BCUT2D eigenvalue weighted by Crippen LogP contribution is -2.42. The molecule has 1 aliphatic rings. The monoisotopic (exact) mass is 356 g/mol. The van der Waals surface area contributed by atoms with Crippen LogP contribution in [-0.2, 0) is 0 Å². The molecule has 2 aromatic rings. The minimum atomic E-state index is -0.225. The predicted molar refractivity (Wildman–Crippen MR) is 106 cm³/mol. The molecule has 0 radical (unpaired) electrons. The Bertz CT molecular complexity index is 897. The maximum Gasteiger partial charge on any atom is 0.126 e. The van der Waals surface area contributed by atoms with Gasteiger partial charge in [0.2, 0.25) is 0 Å². The number of nitrogens with zero attached hydrogens (tertiary/aromatic N) is 2. The number of aliphatic imine (C=N–C) groups is 1. The van der Waals surface area contributed by atoms with Crippen molar-refractivity contribution in [2.75, 3.05) is 11.9 Å². The van der Waals surface area contributed by atoms with Crippen LogP contribution in [-0.4, -0.2) is 18.8 Å². The smallest absolute Gasteiger partial charge is 0.126 e. The number of rotatable bonds is 2. The van der Waals surface area contributed by atoms with E-state index in [-0.39, 0.29) is 11.4 Å². The van der Waals surface area contributed by atoms with Crippen molar-refractivity contribution in [3.8, 4) is 0 Å². The third-order valence-electron chi connectivity index (χ3n) is 4.83. The highest BCUT2D eigenvalue weighted by molar-refractivity contribution is 6.33. The fourth-order valence-corrected chi connectivity index (χ4v) is 3.35. The van der Waals surface area contributed by atoms with Crippen LogP contribution >= 0.6 is 11.6 Å². The Morgan fingerprint density at radius 2 is 1.88 bits per heavy atom. The van der Waals surface area contributed by atoms with Crippen molar-refractivity contribution in [2.45, 2.75) is 33.2 Å². The van der Waals surface area contributed by atoms with Gasteiger partial charge in [-0.1, -0.05) is 17.7 Å². The Morgan fingerprint density at radius 3 is 2.56 bits per heavy atom. The van der Waals surface area contributed by atoms with Gasteiger partial charge in [-0.25, -0.2) is 4.39 Å². The summed E-state index contributed by atoms with van der Waals surface area (Å²) in [5.74, 6) is -0.225. The number of likely N-dealkylation sites (N-methyl/N-ethyl adjacent to an activating group) is 1. The third-order valence-corrected chi connectivity index (χ3v) is 5.16. The van der Waals surface area contributed by atoms with Crippen LogP contribution in [0.1, 0.15) is 37.5 Å². The van der Waals surface area contributed by atoms with Crippen LogP contribution in [0.3, 0.4) is 0 Å². The highest BCUT2D eigenvalue weighted by Crippen LogP contribution is 2.40. The van der Waals surface area contributed by atoms with Gasteiger partial charge in [0.25, 0.3) is 0 Å². The van der Waals surface area contributed by atoms with Gasteiger partial charge in [-0.15, -0.1) is 0 Å². The van der Waals surface area contributed by atoms with E-state index in [2.05, 4.69) is 49.9 Å². The van der Waals surface area contributed by atoms with Crippen molar-refractivity contribution in [2.24, 2.45) is 4.99 Å².